The first-order chi connectivity index (χ1) is 14.3. The van der Waals surface area contributed by atoms with Crippen molar-refractivity contribution in [2.45, 2.75) is 12.5 Å². The molecule has 1 aromatic heterocycles. The molecule has 172 valence electrons. The van der Waals surface area contributed by atoms with E-state index in [9.17, 15) is 4.79 Å². The third-order valence-electron chi connectivity index (χ3n) is 4.19. The number of H-pyrrole nitrogens is 1. The molecule has 0 bridgehead atoms. The number of carbonyl (C=O) groups excluding carboxylic acids is 1. The number of nitrogens with one attached hydrogen (secondary N) is 1. The summed E-state index contributed by atoms with van der Waals surface area (Å²) in [6.45, 7) is 0. The van der Waals surface area contributed by atoms with E-state index in [1.165, 1.54) is 15.9 Å². The summed E-state index contributed by atoms with van der Waals surface area (Å²) in [5.41, 5.74) is 6.15. The number of halogens is 2. The van der Waals surface area contributed by atoms with Crippen molar-refractivity contribution in [2.24, 2.45) is 5.73 Å². The van der Waals surface area contributed by atoms with E-state index in [4.69, 9.17) is 5.73 Å². The van der Waals surface area contributed by atoms with Crippen LogP contribution in [0.15, 0.2) is 104 Å². The predicted molar refractivity (Wildman–Crippen MR) is 136 cm³/mol. The fraction of sp³-hybridized carbons (Fsp3) is 0.0833. The van der Waals surface area contributed by atoms with Gasteiger partial charge in [0.15, 0.2) is 0 Å². The van der Waals surface area contributed by atoms with Crippen LogP contribution in [-0.2, 0) is 31.6 Å². The van der Waals surface area contributed by atoms with Crippen molar-refractivity contribution in [1.82, 2.24) is 9.97 Å². The van der Waals surface area contributed by atoms with E-state index in [0.29, 0.717) is 6.42 Å². The predicted octanol–water partition coefficient (Wildman–Crippen LogP) is 3.68. The zero-order chi connectivity index (χ0) is 20.3. The standard InChI is InChI=1S/C18H15P.C6H8N3O.2ClH.Pd/c1-4-10-16(11-5-1)19(17-12-6-2-7-13-17)18-14-8-3-9-15-18;7-5(3-10)1-6-2-8-4-9-6;;;/h1-15H;2,4-5H,1,7H2,(H,8,9);2*1H;/q;-1;;;/t;5-;;;/m.0.../s1. The first kappa shape index (κ1) is 30.2. The molecule has 32 heavy (non-hydrogen) atoms. The minimum Gasteiger partial charge on any atom is -0.540 e. The van der Waals surface area contributed by atoms with Crippen LogP contribution >= 0.6 is 32.7 Å². The Labute approximate surface area is 216 Å². The van der Waals surface area contributed by atoms with Crippen molar-refractivity contribution >= 4 is 54.9 Å². The average Bonchev–Trinajstić information content (AvgIpc) is 3.30. The summed E-state index contributed by atoms with van der Waals surface area (Å²) in [6.07, 6.45) is 5.34. The molecular weight excluding hydrogens is 555 g/mol. The van der Waals surface area contributed by atoms with Gasteiger partial charge in [0.1, 0.15) is 0 Å². The second-order valence-electron chi connectivity index (χ2n) is 6.35. The molecule has 0 radical (unpaired) electrons. The SMILES string of the molecule is Cl.Cl.N[C@H]([C-]=O)Cc1cnc[nH]1.[Pd].c1ccc(P(c2ccccc2)c2ccccc2)cc1. The van der Waals surface area contributed by atoms with Gasteiger partial charge in [-0.15, -0.1) is 24.8 Å². The van der Waals surface area contributed by atoms with Gasteiger partial charge < -0.3 is 15.5 Å². The summed E-state index contributed by atoms with van der Waals surface area (Å²) in [6, 6.07) is 31.8. The zero-order valence-electron chi connectivity index (χ0n) is 17.1. The van der Waals surface area contributed by atoms with Crippen LogP contribution in [0.2, 0.25) is 0 Å². The summed E-state index contributed by atoms with van der Waals surface area (Å²) in [5.74, 6) is 0. The molecule has 0 aliphatic carbocycles. The normalized spacial score (nSPS) is 10.3. The molecule has 0 saturated carbocycles. The smallest absolute Gasteiger partial charge is 0.0921 e. The summed E-state index contributed by atoms with van der Waals surface area (Å²) < 4.78 is 0. The molecule has 0 unspecified atom stereocenters. The van der Waals surface area contributed by atoms with Gasteiger partial charge in [-0.25, -0.2) is 11.3 Å². The van der Waals surface area contributed by atoms with E-state index in [-0.39, 0.29) is 45.2 Å². The Morgan fingerprint density at radius 2 is 1.22 bits per heavy atom. The number of aromatic amines is 1. The van der Waals surface area contributed by atoms with Gasteiger partial charge >= 0.3 is 0 Å². The van der Waals surface area contributed by atoms with Gasteiger partial charge in [-0.1, -0.05) is 97.0 Å². The molecule has 4 nitrogen and oxygen atoms in total. The molecule has 1 heterocycles. The number of benzene rings is 3. The summed E-state index contributed by atoms with van der Waals surface area (Å²) in [5, 5.41) is 4.19. The molecule has 8 heteroatoms. The monoisotopic (exact) mass is 578 g/mol. The number of imidazole rings is 1. The van der Waals surface area contributed by atoms with E-state index in [1.807, 2.05) is 0 Å². The molecule has 0 saturated heterocycles. The van der Waals surface area contributed by atoms with Gasteiger partial charge in [-0.05, 0) is 30.3 Å². The quantitative estimate of drug-likeness (QED) is 0.208. The second kappa shape index (κ2) is 16.8. The number of nitrogens with two attached hydrogens (primary N) is 1. The van der Waals surface area contributed by atoms with Crippen LogP contribution in [0.5, 0.6) is 0 Å². The molecule has 0 aliphatic rings. The fourth-order valence-corrected chi connectivity index (χ4v) is 5.16. The van der Waals surface area contributed by atoms with Crippen LogP contribution in [0.3, 0.4) is 0 Å². The Kier molecular flexibility index (Phi) is 15.8. The summed E-state index contributed by atoms with van der Waals surface area (Å²) in [4.78, 5) is 16.5. The molecular formula is C24H25Cl2N3OPPd-. The minimum absolute atomic E-state index is 0. The maximum absolute atomic E-state index is 9.95. The molecule has 0 spiro atoms. The van der Waals surface area contributed by atoms with Crippen LogP contribution in [0.25, 0.3) is 0 Å². The first-order valence-corrected chi connectivity index (χ1v) is 10.7. The van der Waals surface area contributed by atoms with Gasteiger partial charge in [0, 0.05) is 32.3 Å². The average molecular weight is 580 g/mol. The largest absolute Gasteiger partial charge is 0.540 e. The molecule has 0 amide bonds. The first-order valence-electron chi connectivity index (χ1n) is 9.33. The van der Waals surface area contributed by atoms with Crippen LogP contribution < -0.4 is 21.6 Å². The number of nitrogens with zero attached hydrogens (tertiary/aromatic N) is 1. The minimum atomic E-state index is -0.541. The van der Waals surface area contributed by atoms with E-state index in [1.54, 1.807) is 18.8 Å². The van der Waals surface area contributed by atoms with Gasteiger partial charge in [-0.2, -0.15) is 0 Å². The van der Waals surface area contributed by atoms with E-state index in [2.05, 4.69) is 101 Å². The number of aromatic nitrogens is 2. The Balaban J connectivity index is 0.000000642. The topological polar surface area (TPSA) is 71.8 Å². The molecule has 1 atom stereocenters. The van der Waals surface area contributed by atoms with Crippen molar-refractivity contribution < 1.29 is 25.2 Å². The second-order valence-corrected chi connectivity index (χ2v) is 8.57. The Hall–Kier alpha value is -1.83. The fourth-order valence-electron chi connectivity index (χ4n) is 2.85. The molecule has 3 aromatic carbocycles. The van der Waals surface area contributed by atoms with Gasteiger partial charge in [0.2, 0.25) is 0 Å². The van der Waals surface area contributed by atoms with Gasteiger partial charge in [-0.3, -0.25) is 0 Å². The Bertz CT molecular complexity index is 884. The van der Waals surface area contributed by atoms with Crippen LogP contribution in [-0.4, -0.2) is 22.3 Å². The van der Waals surface area contributed by atoms with Crippen molar-refractivity contribution in [3.63, 3.8) is 0 Å². The van der Waals surface area contributed by atoms with E-state index < -0.39 is 14.0 Å². The number of hydrogen-bond donors (Lipinski definition) is 2. The summed E-state index contributed by atoms with van der Waals surface area (Å²) in [7, 11) is -0.446. The molecule has 0 fully saturated rings. The van der Waals surface area contributed by atoms with Crippen LogP contribution in [0.1, 0.15) is 5.69 Å². The zero-order valence-corrected chi connectivity index (χ0v) is 21.2. The third kappa shape index (κ3) is 9.35. The van der Waals surface area contributed by atoms with E-state index >= 15 is 0 Å². The van der Waals surface area contributed by atoms with Crippen molar-refractivity contribution in [3.8, 4) is 0 Å². The van der Waals surface area contributed by atoms with Crippen LogP contribution in [0.4, 0.5) is 0 Å². The summed E-state index contributed by atoms with van der Waals surface area (Å²) >= 11 is 0. The van der Waals surface area contributed by atoms with Crippen molar-refractivity contribution in [2.75, 3.05) is 0 Å². The molecule has 3 N–H and O–H groups in total. The van der Waals surface area contributed by atoms with E-state index in [0.717, 1.165) is 5.69 Å². The molecule has 0 aliphatic heterocycles. The molecule has 4 rings (SSSR count). The maximum Gasteiger partial charge on any atom is 0.0921 e. The maximum atomic E-state index is 9.95. The Morgan fingerprint density at radius 3 is 1.53 bits per heavy atom. The third-order valence-corrected chi connectivity index (χ3v) is 6.63. The van der Waals surface area contributed by atoms with Gasteiger partial charge in [0.05, 0.1) is 6.33 Å². The van der Waals surface area contributed by atoms with Gasteiger partial charge in [0.25, 0.3) is 0 Å². The van der Waals surface area contributed by atoms with Crippen LogP contribution in [0, 0.1) is 0 Å². The number of rotatable bonds is 6. The number of hydrogen-bond acceptors (Lipinski definition) is 3. The Morgan fingerprint density at radius 1 is 0.812 bits per heavy atom. The van der Waals surface area contributed by atoms with Crippen molar-refractivity contribution in [3.05, 3.63) is 109 Å². The van der Waals surface area contributed by atoms with Crippen molar-refractivity contribution in [1.29, 1.82) is 0 Å². The molecule has 4 aromatic rings.